The maximum absolute atomic E-state index is 12.1. The average Bonchev–Trinajstić information content (AvgIpc) is 2.15. The molecular formula is C13H21NO2. The van der Waals surface area contributed by atoms with E-state index in [2.05, 4.69) is 20.8 Å². The number of pyridine rings is 1. The van der Waals surface area contributed by atoms with Crippen molar-refractivity contribution in [1.29, 1.82) is 0 Å². The molecule has 1 aromatic rings. The molecule has 0 aliphatic rings. The molecule has 3 nitrogen and oxygen atoms in total. The number of hydrogen-bond acceptors (Lipinski definition) is 2. The quantitative estimate of drug-likeness (QED) is 0.835. The van der Waals surface area contributed by atoms with Crippen molar-refractivity contribution in [1.82, 2.24) is 4.57 Å². The molecule has 0 bridgehead atoms. The number of aromatic nitrogens is 1. The van der Waals surface area contributed by atoms with E-state index in [4.69, 9.17) is 5.11 Å². The molecule has 1 rings (SSSR count). The molecule has 0 unspecified atom stereocenters. The van der Waals surface area contributed by atoms with E-state index in [9.17, 15) is 4.79 Å². The molecular weight excluding hydrogens is 202 g/mol. The Hall–Kier alpha value is -1.09. The molecule has 0 saturated heterocycles. The van der Waals surface area contributed by atoms with E-state index < -0.39 is 0 Å². The lowest BCUT2D eigenvalue weighted by molar-refractivity contribution is 0.278. The minimum absolute atomic E-state index is 0.0720. The maximum atomic E-state index is 12.1. The zero-order chi connectivity index (χ0) is 12.5. The third-order valence-electron chi connectivity index (χ3n) is 2.65. The fourth-order valence-corrected chi connectivity index (χ4v) is 1.84. The normalized spacial score (nSPS) is 12.2. The van der Waals surface area contributed by atoms with E-state index in [1.165, 1.54) is 0 Å². The second-order valence-electron chi connectivity index (χ2n) is 5.42. The van der Waals surface area contributed by atoms with Crippen LogP contribution in [0.15, 0.2) is 16.9 Å². The van der Waals surface area contributed by atoms with Crippen LogP contribution in [-0.4, -0.2) is 9.67 Å². The van der Waals surface area contributed by atoms with E-state index in [1.54, 1.807) is 10.6 Å². The Morgan fingerprint density at radius 3 is 2.25 bits per heavy atom. The summed E-state index contributed by atoms with van der Waals surface area (Å²) in [7, 11) is 0. The SMILES string of the molecule is CC(C)n1c(C(C)(C)C)ccc(CO)c1=O. The van der Waals surface area contributed by atoms with Crippen LogP contribution in [0, 0.1) is 0 Å². The van der Waals surface area contributed by atoms with Gasteiger partial charge in [0.25, 0.3) is 5.56 Å². The molecule has 0 aromatic carbocycles. The van der Waals surface area contributed by atoms with Crippen molar-refractivity contribution in [2.45, 2.75) is 52.7 Å². The Morgan fingerprint density at radius 2 is 1.88 bits per heavy atom. The minimum Gasteiger partial charge on any atom is -0.391 e. The number of aliphatic hydroxyl groups excluding tert-OH is 1. The summed E-state index contributed by atoms with van der Waals surface area (Å²) >= 11 is 0. The lowest BCUT2D eigenvalue weighted by Gasteiger charge is -2.26. The van der Waals surface area contributed by atoms with Crippen LogP contribution in [0.25, 0.3) is 0 Å². The summed E-state index contributed by atoms with van der Waals surface area (Å²) in [4.78, 5) is 12.1. The third kappa shape index (κ3) is 2.35. The zero-order valence-corrected chi connectivity index (χ0v) is 10.7. The van der Waals surface area contributed by atoms with Gasteiger partial charge >= 0.3 is 0 Å². The van der Waals surface area contributed by atoms with Gasteiger partial charge in [0.2, 0.25) is 0 Å². The van der Waals surface area contributed by atoms with Gasteiger partial charge in [-0.05, 0) is 26.0 Å². The lowest BCUT2D eigenvalue weighted by atomic mass is 9.90. The van der Waals surface area contributed by atoms with Crippen molar-refractivity contribution in [3.05, 3.63) is 33.7 Å². The Bertz CT molecular complexity index is 425. The molecule has 0 saturated carbocycles. The molecule has 90 valence electrons. The van der Waals surface area contributed by atoms with Crippen LogP contribution < -0.4 is 5.56 Å². The Kier molecular flexibility index (Phi) is 3.58. The first-order chi connectivity index (χ1) is 7.29. The predicted octanol–water partition coefficient (Wildman–Crippen LogP) is 2.22. The Morgan fingerprint density at radius 1 is 1.31 bits per heavy atom. The highest BCUT2D eigenvalue weighted by Crippen LogP contribution is 2.23. The molecule has 3 heteroatoms. The highest BCUT2D eigenvalue weighted by molar-refractivity contribution is 5.21. The standard InChI is InChI=1S/C13H21NO2/c1-9(2)14-11(13(3,4)5)7-6-10(8-15)12(14)16/h6-7,9,15H,8H2,1-5H3. The van der Waals surface area contributed by atoms with Crippen molar-refractivity contribution < 1.29 is 5.11 Å². The number of hydrogen-bond donors (Lipinski definition) is 1. The van der Waals surface area contributed by atoms with Gasteiger partial charge in [-0.2, -0.15) is 0 Å². The van der Waals surface area contributed by atoms with Crippen LogP contribution in [0.3, 0.4) is 0 Å². The smallest absolute Gasteiger partial charge is 0.256 e. The Balaban J connectivity index is 3.54. The summed E-state index contributed by atoms with van der Waals surface area (Å²) in [5.41, 5.74) is 1.31. The monoisotopic (exact) mass is 223 g/mol. The van der Waals surface area contributed by atoms with Gasteiger partial charge in [-0.3, -0.25) is 4.79 Å². The van der Waals surface area contributed by atoms with Crippen LogP contribution in [0.1, 0.15) is 51.9 Å². The second-order valence-corrected chi connectivity index (χ2v) is 5.42. The molecule has 1 aromatic heterocycles. The van der Waals surface area contributed by atoms with Gasteiger partial charge in [0, 0.05) is 22.7 Å². The molecule has 0 amide bonds. The summed E-state index contributed by atoms with van der Waals surface area (Å²) in [6, 6.07) is 3.77. The van der Waals surface area contributed by atoms with Gasteiger partial charge in [-0.25, -0.2) is 0 Å². The second kappa shape index (κ2) is 4.42. The topological polar surface area (TPSA) is 42.2 Å². The highest BCUT2D eigenvalue weighted by Gasteiger charge is 2.21. The van der Waals surface area contributed by atoms with Crippen LogP contribution in [0.4, 0.5) is 0 Å². The number of aliphatic hydroxyl groups is 1. The van der Waals surface area contributed by atoms with Gasteiger partial charge in [0.05, 0.1) is 6.61 Å². The molecule has 0 aliphatic carbocycles. The Labute approximate surface area is 96.7 Å². The first-order valence-corrected chi connectivity index (χ1v) is 5.64. The van der Waals surface area contributed by atoms with Crippen LogP contribution in [0.2, 0.25) is 0 Å². The maximum Gasteiger partial charge on any atom is 0.256 e. The molecule has 16 heavy (non-hydrogen) atoms. The van der Waals surface area contributed by atoms with Crippen LogP contribution >= 0.6 is 0 Å². The van der Waals surface area contributed by atoms with Gasteiger partial charge in [-0.1, -0.05) is 20.8 Å². The fraction of sp³-hybridized carbons (Fsp3) is 0.615. The molecule has 0 aliphatic heterocycles. The molecule has 0 atom stereocenters. The first kappa shape index (κ1) is 13.0. The van der Waals surface area contributed by atoms with E-state index >= 15 is 0 Å². The van der Waals surface area contributed by atoms with Gasteiger partial charge < -0.3 is 9.67 Å². The van der Waals surface area contributed by atoms with E-state index in [-0.39, 0.29) is 23.6 Å². The summed E-state index contributed by atoms with van der Waals surface area (Å²) in [5, 5.41) is 9.11. The summed E-state index contributed by atoms with van der Waals surface area (Å²) in [5.74, 6) is 0. The molecule has 1 heterocycles. The summed E-state index contributed by atoms with van der Waals surface area (Å²) in [6.45, 7) is 10.0. The third-order valence-corrected chi connectivity index (χ3v) is 2.65. The molecule has 0 spiro atoms. The largest absolute Gasteiger partial charge is 0.391 e. The van der Waals surface area contributed by atoms with Crippen molar-refractivity contribution in [2.75, 3.05) is 0 Å². The van der Waals surface area contributed by atoms with Crippen molar-refractivity contribution in [2.24, 2.45) is 0 Å². The number of nitrogens with zero attached hydrogens (tertiary/aromatic N) is 1. The lowest BCUT2D eigenvalue weighted by Crippen LogP contribution is -2.32. The van der Waals surface area contributed by atoms with E-state index in [1.807, 2.05) is 19.9 Å². The first-order valence-electron chi connectivity index (χ1n) is 5.64. The highest BCUT2D eigenvalue weighted by atomic mass is 16.3. The zero-order valence-electron chi connectivity index (χ0n) is 10.7. The van der Waals surface area contributed by atoms with Gasteiger partial charge in [-0.15, -0.1) is 0 Å². The van der Waals surface area contributed by atoms with Crippen molar-refractivity contribution >= 4 is 0 Å². The van der Waals surface area contributed by atoms with E-state index in [0.29, 0.717) is 5.56 Å². The number of rotatable bonds is 2. The van der Waals surface area contributed by atoms with Crippen LogP contribution in [0.5, 0.6) is 0 Å². The molecule has 0 radical (unpaired) electrons. The molecule has 0 fully saturated rings. The summed E-state index contributed by atoms with van der Waals surface area (Å²) < 4.78 is 1.77. The van der Waals surface area contributed by atoms with Crippen molar-refractivity contribution in [3.63, 3.8) is 0 Å². The van der Waals surface area contributed by atoms with Gasteiger partial charge in [0.1, 0.15) is 0 Å². The van der Waals surface area contributed by atoms with E-state index in [0.717, 1.165) is 5.69 Å². The molecule has 1 N–H and O–H groups in total. The summed E-state index contributed by atoms with van der Waals surface area (Å²) in [6.07, 6.45) is 0. The van der Waals surface area contributed by atoms with Crippen LogP contribution in [-0.2, 0) is 12.0 Å². The minimum atomic E-state index is -0.198. The fourth-order valence-electron chi connectivity index (χ4n) is 1.84. The van der Waals surface area contributed by atoms with Crippen molar-refractivity contribution in [3.8, 4) is 0 Å². The predicted molar refractivity (Wildman–Crippen MR) is 65.7 cm³/mol. The van der Waals surface area contributed by atoms with Gasteiger partial charge in [0.15, 0.2) is 0 Å². The average molecular weight is 223 g/mol.